The van der Waals surface area contributed by atoms with Gasteiger partial charge < -0.3 is 5.11 Å². The van der Waals surface area contributed by atoms with Crippen molar-refractivity contribution in [3.63, 3.8) is 0 Å². The van der Waals surface area contributed by atoms with Gasteiger partial charge in [-0.05, 0) is 25.8 Å². The molecule has 0 aromatic heterocycles. The lowest BCUT2D eigenvalue weighted by Crippen LogP contribution is -2.39. The lowest BCUT2D eigenvalue weighted by atomic mass is 9.94. The molecule has 1 saturated carbocycles. The van der Waals surface area contributed by atoms with E-state index in [4.69, 9.17) is 0 Å². The molecule has 1 aliphatic rings. The predicted molar refractivity (Wildman–Crippen MR) is 78.9 cm³/mol. The van der Waals surface area contributed by atoms with Crippen LogP contribution in [0.3, 0.4) is 0 Å². The van der Waals surface area contributed by atoms with Crippen LogP contribution in [0.25, 0.3) is 0 Å². The minimum Gasteiger partial charge on any atom is -0.395 e. The van der Waals surface area contributed by atoms with Gasteiger partial charge in [0.2, 0.25) is 0 Å². The third-order valence-electron chi connectivity index (χ3n) is 4.28. The van der Waals surface area contributed by atoms with Crippen molar-refractivity contribution in [1.29, 1.82) is 0 Å². The van der Waals surface area contributed by atoms with Gasteiger partial charge in [0.05, 0.1) is 6.61 Å². The summed E-state index contributed by atoms with van der Waals surface area (Å²) < 4.78 is 0. The normalized spacial score (nSPS) is 17.5. The molecule has 0 heterocycles. The number of hydrogen-bond donors (Lipinski definition) is 1. The summed E-state index contributed by atoms with van der Waals surface area (Å²) >= 11 is 0. The molecule has 1 fully saturated rings. The van der Waals surface area contributed by atoms with Crippen LogP contribution in [0.2, 0.25) is 0 Å². The van der Waals surface area contributed by atoms with Crippen LogP contribution >= 0.6 is 0 Å². The first-order chi connectivity index (χ1) is 8.88. The smallest absolute Gasteiger partial charge is 0.0558 e. The SMILES string of the molecule is CCCCCCCCN(CCO)C1CCCCC1. The molecule has 0 spiro atoms. The van der Waals surface area contributed by atoms with E-state index in [1.165, 1.54) is 77.2 Å². The molecule has 0 unspecified atom stereocenters. The summed E-state index contributed by atoms with van der Waals surface area (Å²) in [6.45, 7) is 4.69. The molecule has 0 atom stereocenters. The maximum atomic E-state index is 9.20. The van der Waals surface area contributed by atoms with Crippen LogP contribution in [0.5, 0.6) is 0 Å². The van der Waals surface area contributed by atoms with Gasteiger partial charge in [-0.25, -0.2) is 0 Å². The summed E-state index contributed by atoms with van der Waals surface area (Å²) in [4.78, 5) is 2.55. The molecule has 18 heavy (non-hydrogen) atoms. The first kappa shape index (κ1) is 16.0. The largest absolute Gasteiger partial charge is 0.395 e. The van der Waals surface area contributed by atoms with Crippen LogP contribution in [0, 0.1) is 0 Å². The molecule has 2 heteroatoms. The fourth-order valence-corrected chi connectivity index (χ4v) is 3.15. The second-order valence-corrected chi connectivity index (χ2v) is 5.82. The Morgan fingerprint density at radius 1 is 0.889 bits per heavy atom. The topological polar surface area (TPSA) is 23.5 Å². The summed E-state index contributed by atoms with van der Waals surface area (Å²) in [5.41, 5.74) is 0. The first-order valence-corrected chi connectivity index (χ1v) is 8.23. The Kier molecular flexibility index (Phi) is 9.59. The second-order valence-electron chi connectivity index (χ2n) is 5.82. The molecule has 0 amide bonds. The van der Waals surface area contributed by atoms with Gasteiger partial charge in [0.25, 0.3) is 0 Å². The highest BCUT2D eigenvalue weighted by atomic mass is 16.3. The van der Waals surface area contributed by atoms with Gasteiger partial charge in [0.1, 0.15) is 0 Å². The molecule has 1 aliphatic carbocycles. The number of aliphatic hydroxyl groups excluding tert-OH is 1. The lowest BCUT2D eigenvalue weighted by molar-refractivity contribution is 0.122. The molecule has 1 rings (SSSR count). The van der Waals surface area contributed by atoms with Crippen molar-refractivity contribution in [2.45, 2.75) is 83.6 Å². The molecule has 108 valence electrons. The van der Waals surface area contributed by atoms with Crippen LogP contribution in [-0.2, 0) is 0 Å². The second kappa shape index (κ2) is 10.8. The van der Waals surface area contributed by atoms with E-state index in [2.05, 4.69) is 11.8 Å². The summed E-state index contributed by atoms with van der Waals surface area (Å²) in [5.74, 6) is 0. The van der Waals surface area contributed by atoms with E-state index in [9.17, 15) is 5.11 Å². The third-order valence-corrected chi connectivity index (χ3v) is 4.28. The number of hydrogen-bond acceptors (Lipinski definition) is 2. The van der Waals surface area contributed by atoms with Gasteiger partial charge >= 0.3 is 0 Å². The Hall–Kier alpha value is -0.0800. The Balaban J connectivity index is 2.12. The van der Waals surface area contributed by atoms with Crippen molar-refractivity contribution in [3.8, 4) is 0 Å². The molecule has 0 aromatic rings. The Morgan fingerprint density at radius 2 is 1.56 bits per heavy atom. The van der Waals surface area contributed by atoms with Gasteiger partial charge in [-0.3, -0.25) is 4.90 Å². The quantitative estimate of drug-likeness (QED) is 0.597. The summed E-state index contributed by atoms with van der Waals surface area (Å²) in [7, 11) is 0. The Bertz CT molecular complexity index is 178. The average molecular weight is 255 g/mol. The fourth-order valence-electron chi connectivity index (χ4n) is 3.15. The molecule has 1 N–H and O–H groups in total. The summed E-state index contributed by atoms with van der Waals surface area (Å²) in [6.07, 6.45) is 15.1. The van der Waals surface area contributed by atoms with Gasteiger partial charge in [-0.2, -0.15) is 0 Å². The van der Waals surface area contributed by atoms with Crippen LogP contribution in [-0.4, -0.2) is 35.7 Å². The minimum atomic E-state index is 0.326. The van der Waals surface area contributed by atoms with Gasteiger partial charge in [0, 0.05) is 12.6 Å². The van der Waals surface area contributed by atoms with E-state index in [0.29, 0.717) is 6.61 Å². The number of aliphatic hydroxyl groups is 1. The number of rotatable bonds is 10. The van der Waals surface area contributed by atoms with Crippen molar-refractivity contribution < 1.29 is 5.11 Å². The minimum absolute atomic E-state index is 0.326. The maximum absolute atomic E-state index is 9.20. The zero-order valence-corrected chi connectivity index (χ0v) is 12.4. The highest BCUT2D eigenvalue weighted by molar-refractivity contribution is 4.75. The molecular formula is C16H33NO. The third kappa shape index (κ3) is 6.75. The molecule has 0 aromatic carbocycles. The highest BCUT2D eigenvalue weighted by Gasteiger charge is 2.19. The van der Waals surface area contributed by atoms with E-state index in [0.717, 1.165) is 12.6 Å². The highest BCUT2D eigenvalue weighted by Crippen LogP contribution is 2.22. The standard InChI is InChI=1S/C16H33NO/c1-2-3-4-5-6-10-13-17(14-15-18)16-11-8-7-9-12-16/h16,18H,2-15H2,1H3. The van der Waals surface area contributed by atoms with E-state index >= 15 is 0 Å². The summed E-state index contributed by atoms with van der Waals surface area (Å²) in [5, 5.41) is 9.20. The molecule has 2 nitrogen and oxygen atoms in total. The van der Waals surface area contributed by atoms with Gasteiger partial charge in [-0.15, -0.1) is 0 Å². The van der Waals surface area contributed by atoms with Crippen molar-refractivity contribution in [3.05, 3.63) is 0 Å². The fraction of sp³-hybridized carbons (Fsp3) is 1.00. The van der Waals surface area contributed by atoms with Crippen molar-refractivity contribution >= 4 is 0 Å². The van der Waals surface area contributed by atoms with Crippen LogP contribution in [0.1, 0.15) is 77.6 Å². The van der Waals surface area contributed by atoms with Crippen molar-refractivity contribution in [1.82, 2.24) is 4.90 Å². The first-order valence-electron chi connectivity index (χ1n) is 8.23. The average Bonchev–Trinajstić information content (AvgIpc) is 2.42. The number of unbranched alkanes of at least 4 members (excludes halogenated alkanes) is 5. The maximum Gasteiger partial charge on any atom is 0.0558 e. The zero-order valence-electron chi connectivity index (χ0n) is 12.4. The van der Waals surface area contributed by atoms with E-state index < -0.39 is 0 Å². The van der Waals surface area contributed by atoms with Gasteiger partial charge in [-0.1, -0.05) is 58.3 Å². The van der Waals surface area contributed by atoms with E-state index in [-0.39, 0.29) is 0 Å². The van der Waals surface area contributed by atoms with Crippen LogP contribution < -0.4 is 0 Å². The summed E-state index contributed by atoms with van der Waals surface area (Å²) in [6, 6.07) is 0.765. The molecule has 0 radical (unpaired) electrons. The molecule has 0 saturated heterocycles. The predicted octanol–water partition coefficient (Wildman–Crippen LogP) is 3.97. The lowest BCUT2D eigenvalue weighted by Gasteiger charge is -2.34. The van der Waals surface area contributed by atoms with Crippen molar-refractivity contribution in [2.75, 3.05) is 19.7 Å². The van der Waals surface area contributed by atoms with Crippen molar-refractivity contribution in [2.24, 2.45) is 0 Å². The van der Waals surface area contributed by atoms with Crippen LogP contribution in [0.15, 0.2) is 0 Å². The van der Waals surface area contributed by atoms with Gasteiger partial charge in [0.15, 0.2) is 0 Å². The Labute approximate surface area is 114 Å². The molecule has 0 bridgehead atoms. The molecular weight excluding hydrogens is 222 g/mol. The zero-order chi connectivity index (χ0) is 13.1. The van der Waals surface area contributed by atoms with E-state index in [1.54, 1.807) is 0 Å². The van der Waals surface area contributed by atoms with E-state index in [1.807, 2.05) is 0 Å². The monoisotopic (exact) mass is 255 g/mol. The number of nitrogens with zero attached hydrogens (tertiary/aromatic N) is 1. The van der Waals surface area contributed by atoms with Crippen LogP contribution in [0.4, 0.5) is 0 Å². The Morgan fingerprint density at radius 3 is 2.22 bits per heavy atom. The molecule has 0 aliphatic heterocycles.